The first-order valence-corrected chi connectivity index (χ1v) is 11.4. The van der Waals surface area contributed by atoms with Crippen LogP contribution in [0.2, 0.25) is 0 Å². The van der Waals surface area contributed by atoms with Crippen LogP contribution in [-0.2, 0) is 20.7 Å². The maximum Gasteiger partial charge on any atom is 0.407 e. The zero-order valence-electron chi connectivity index (χ0n) is 18.5. The zero-order chi connectivity index (χ0) is 22.3. The number of aromatic nitrogens is 1. The van der Waals surface area contributed by atoms with Crippen LogP contribution in [0.4, 0.5) is 4.79 Å². The first-order chi connectivity index (χ1) is 15.6. The van der Waals surface area contributed by atoms with Crippen LogP contribution in [0.15, 0.2) is 18.3 Å². The molecule has 2 aliphatic heterocycles. The lowest BCUT2D eigenvalue weighted by molar-refractivity contribution is -0.121. The largest absolute Gasteiger partial charge is 0.481 e. The second-order valence-corrected chi connectivity index (χ2v) is 8.77. The third kappa shape index (κ3) is 6.30. The van der Waals surface area contributed by atoms with Crippen molar-refractivity contribution in [2.75, 3.05) is 20.3 Å². The molecule has 1 aromatic heterocycles. The topological polar surface area (TPSA) is 123 Å². The van der Waals surface area contributed by atoms with Crippen LogP contribution < -0.4 is 26.2 Å². The first-order valence-electron chi connectivity index (χ1n) is 11.4. The van der Waals surface area contributed by atoms with E-state index < -0.39 is 0 Å². The third-order valence-corrected chi connectivity index (χ3v) is 6.45. The molecule has 4 atom stereocenters. The van der Waals surface area contributed by atoms with Gasteiger partial charge in [0, 0.05) is 37.6 Å². The Balaban J connectivity index is 1.17. The fraction of sp³-hybridized carbons (Fsp3) is 0.682. The highest BCUT2D eigenvalue weighted by Crippen LogP contribution is 2.33. The molecule has 4 rings (SSSR count). The SMILES string of the molecule is COc1cc(CC(=O)NC2CC([C@H]3CC[C@@H](OC(=O)NC4CCOCC4)C3)NN2)ccn1. The molecule has 2 saturated heterocycles. The van der Waals surface area contributed by atoms with E-state index in [1.165, 1.54) is 0 Å². The molecule has 176 valence electrons. The lowest BCUT2D eigenvalue weighted by atomic mass is 9.96. The van der Waals surface area contributed by atoms with E-state index >= 15 is 0 Å². The van der Waals surface area contributed by atoms with Gasteiger partial charge in [-0.15, -0.1) is 0 Å². The Morgan fingerprint density at radius 1 is 1.16 bits per heavy atom. The second kappa shape index (κ2) is 10.9. The van der Waals surface area contributed by atoms with Crippen molar-refractivity contribution in [1.82, 2.24) is 26.5 Å². The molecule has 1 saturated carbocycles. The molecule has 4 N–H and O–H groups in total. The van der Waals surface area contributed by atoms with Crippen LogP contribution in [0.1, 0.15) is 44.1 Å². The van der Waals surface area contributed by atoms with Crippen molar-refractivity contribution >= 4 is 12.0 Å². The quantitative estimate of drug-likeness (QED) is 0.489. The molecule has 0 aromatic carbocycles. The summed E-state index contributed by atoms with van der Waals surface area (Å²) in [5.74, 6) is 0.834. The van der Waals surface area contributed by atoms with E-state index in [2.05, 4.69) is 26.5 Å². The van der Waals surface area contributed by atoms with Gasteiger partial charge < -0.3 is 24.8 Å². The molecule has 10 nitrogen and oxygen atoms in total. The van der Waals surface area contributed by atoms with Crippen molar-refractivity contribution in [3.63, 3.8) is 0 Å². The average molecular weight is 448 g/mol. The van der Waals surface area contributed by atoms with Gasteiger partial charge in [0.1, 0.15) is 6.10 Å². The summed E-state index contributed by atoms with van der Waals surface area (Å²) in [6, 6.07) is 3.95. The molecular formula is C22H33N5O5. The van der Waals surface area contributed by atoms with Gasteiger partial charge in [0.15, 0.2) is 0 Å². The number of hydrogen-bond acceptors (Lipinski definition) is 8. The highest BCUT2D eigenvalue weighted by molar-refractivity contribution is 5.78. The number of ether oxygens (including phenoxy) is 3. The molecule has 0 spiro atoms. The van der Waals surface area contributed by atoms with Gasteiger partial charge in [0.2, 0.25) is 11.8 Å². The molecule has 10 heteroatoms. The molecule has 2 unspecified atom stereocenters. The van der Waals surface area contributed by atoms with Gasteiger partial charge in [-0.1, -0.05) is 0 Å². The molecule has 0 bridgehead atoms. The van der Waals surface area contributed by atoms with Crippen LogP contribution in [0, 0.1) is 5.92 Å². The summed E-state index contributed by atoms with van der Waals surface area (Å²) in [4.78, 5) is 28.7. The lowest BCUT2D eigenvalue weighted by Gasteiger charge is -2.24. The summed E-state index contributed by atoms with van der Waals surface area (Å²) in [5, 5.41) is 5.99. The highest BCUT2D eigenvalue weighted by Gasteiger charge is 2.37. The number of hydrazine groups is 1. The number of methoxy groups -OCH3 is 1. The van der Waals surface area contributed by atoms with Crippen LogP contribution >= 0.6 is 0 Å². The van der Waals surface area contributed by atoms with Gasteiger partial charge >= 0.3 is 6.09 Å². The third-order valence-electron chi connectivity index (χ3n) is 6.45. The summed E-state index contributed by atoms with van der Waals surface area (Å²) >= 11 is 0. The van der Waals surface area contributed by atoms with Crippen molar-refractivity contribution < 1.29 is 23.8 Å². The number of nitrogens with zero attached hydrogens (tertiary/aromatic N) is 1. The molecule has 1 aliphatic carbocycles. The second-order valence-electron chi connectivity index (χ2n) is 8.77. The van der Waals surface area contributed by atoms with Crippen molar-refractivity contribution in [1.29, 1.82) is 0 Å². The van der Waals surface area contributed by atoms with E-state index in [-0.39, 0.29) is 42.8 Å². The Morgan fingerprint density at radius 2 is 2.00 bits per heavy atom. The van der Waals surface area contributed by atoms with E-state index in [0.717, 1.165) is 44.1 Å². The summed E-state index contributed by atoms with van der Waals surface area (Å²) < 4.78 is 16.1. The fourth-order valence-corrected chi connectivity index (χ4v) is 4.73. The molecule has 1 aromatic rings. The number of alkyl carbamates (subject to hydrolysis) is 1. The van der Waals surface area contributed by atoms with Crippen LogP contribution in [-0.4, -0.2) is 61.7 Å². The van der Waals surface area contributed by atoms with Gasteiger partial charge in [0.05, 0.1) is 19.7 Å². The van der Waals surface area contributed by atoms with Crippen molar-refractivity contribution in [3.05, 3.63) is 23.9 Å². The Hall–Kier alpha value is -2.43. The zero-order valence-corrected chi connectivity index (χ0v) is 18.5. The number of carbonyl (C=O) groups is 2. The van der Waals surface area contributed by atoms with Gasteiger partial charge in [0.25, 0.3) is 0 Å². The molecule has 32 heavy (non-hydrogen) atoms. The number of rotatable bonds is 7. The van der Waals surface area contributed by atoms with Crippen LogP contribution in [0.5, 0.6) is 5.88 Å². The predicted molar refractivity (Wildman–Crippen MR) is 116 cm³/mol. The monoisotopic (exact) mass is 447 g/mol. The minimum Gasteiger partial charge on any atom is -0.481 e. The van der Waals surface area contributed by atoms with Crippen LogP contribution in [0.3, 0.4) is 0 Å². The standard InChI is InChI=1S/C22H33N5O5/c1-30-21-11-14(4-7-23-21)10-20(28)25-19-13-18(26-27-19)15-2-3-17(12-15)32-22(29)24-16-5-8-31-9-6-16/h4,7,11,15-19,26-27H,2-3,5-6,8-10,12-13H2,1H3,(H,24,29)(H,25,28)/t15-,17+,18?,19?/m0/s1. The summed E-state index contributed by atoms with van der Waals surface area (Å²) in [5.41, 5.74) is 7.35. The van der Waals surface area contributed by atoms with Crippen molar-refractivity contribution in [3.8, 4) is 5.88 Å². The molecule has 2 amide bonds. The van der Waals surface area contributed by atoms with Gasteiger partial charge in [-0.05, 0) is 56.1 Å². The van der Waals surface area contributed by atoms with Gasteiger partial charge in [-0.25, -0.2) is 15.2 Å². The van der Waals surface area contributed by atoms with Gasteiger partial charge in [-0.2, -0.15) is 0 Å². The lowest BCUT2D eigenvalue weighted by Crippen LogP contribution is -2.45. The Kier molecular flexibility index (Phi) is 7.77. The molecule has 0 radical (unpaired) electrons. The molecular weight excluding hydrogens is 414 g/mol. The Bertz CT molecular complexity index is 788. The number of amides is 2. The molecule has 3 fully saturated rings. The predicted octanol–water partition coefficient (Wildman–Crippen LogP) is 1.02. The number of pyridine rings is 1. The van der Waals surface area contributed by atoms with Crippen LogP contribution in [0.25, 0.3) is 0 Å². The minimum atomic E-state index is -0.321. The van der Waals surface area contributed by atoms with Gasteiger partial charge in [-0.3, -0.25) is 10.2 Å². The van der Waals surface area contributed by atoms with E-state index in [4.69, 9.17) is 14.2 Å². The highest BCUT2D eigenvalue weighted by atomic mass is 16.6. The molecule has 3 aliphatic rings. The van der Waals surface area contributed by atoms with Crippen molar-refractivity contribution in [2.24, 2.45) is 5.92 Å². The van der Waals surface area contributed by atoms with E-state index in [1.54, 1.807) is 19.4 Å². The average Bonchev–Trinajstić information content (AvgIpc) is 3.44. The smallest absolute Gasteiger partial charge is 0.407 e. The summed E-state index contributed by atoms with van der Waals surface area (Å²) in [7, 11) is 1.55. The maximum absolute atomic E-state index is 12.4. The first kappa shape index (κ1) is 22.8. The molecule has 3 heterocycles. The Labute approximate surface area is 188 Å². The van der Waals surface area contributed by atoms with E-state index in [0.29, 0.717) is 25.0 Å². The number of nitrogens with one attached hydrogen (secondary N) is 4. The minimum absolute atomic E-state index is 0.0584. The normalized spacial score (nSPS) is 28.3. The fourth-order valence-electron chi connectivity index (χ4n) is 4.73. The number of hydrogen-bond donors (Lipinski definition) is 4. The summed E-state index contributed by atoms with van der Waals surface area (Å²) in [6.45, 7) is 1.37. The Morgan fingerprint density at radius 3 is 2.81 bits per heavy atom. The van der Waals surface area contributed by atoms with E-state index in [1.807, 2.05) is 6.07 Å². The maximum atomic E-state index is 12.4. The van der Waals surface area contributed by atoms with Crippen molar-refractivity contribution in [2.45, 2.75) is 69.3 Å². The number of carbonyl (C=O) groups excluding carboxylic acids is 2. The summed E-state index contributed by atoms with van der Waals surface area (Å²) in [6.07, 6.45) is 6.54. The van der Waals surface area contributed by atoms with E-state index in [9.17, 15) is 9.59 Å².